The van der Waals surface area contributed by atoms with Crippen LogP contribution in [0.5, 0.6) is 0 Å². The topological polar surface area (TPSA) is 78.9 Å². The average molecular weight is 771 g/mol. The molecule has 0 N–H and O–H groups in total. The highest BCUT2D eigenvalue weighted by atomic mass is 16.6. The number of esters is 3. The predicted molar refractivity (Wildman–Crippen MR) is 233 cm³/mol. The van der Waals surface area contributed by atoms with Crippen molar-refractivity contribution < 1.29 is 28.6 Å². The molecule has 0 aromatic carbocycles. The number of hydrogen-bond acceptors (Lipinski definition) is 6. The maximum absolute atomic E-state index is 12.7. The summed E-state index contributed by atoms with van der Waals surface area (Å²) < 4.78 is 16.6. The van der Waals surface area contributed by atoms with E-state index in [1.165, 1.54) is 103 Å². The highest BCUT2D eigenvalue weighted by molar-refractivity contribution is 5.71. The molecule has 0 rings (SSSR count). The molecule has 0 saturated carbocycles. The van der Waals surface area contributed by atoms with Crippen molar-refractivity contribution in [1.82, 2.24) is 0 Å². The van der Waals surface area contributed by atoms with Crippen LogP contribution in [0.4, 0.5) is 0 Å². The fraction of sp³-hybridized carbons (Fsp3) is 0.776. The number of carbonyl (C=O) groups is 3. The van der Waals surface area contributed by atoms with Crippen LogP contribution in [0.3, 0.4) is 0 Å². The summed E-state index contributed by atoms with van der Waals surface area (Å²) in [5, 5.41) is 0. The Morgan fingerprint density at radius 3 is 1.24 bits per heavy atom. The van der Waals surface area contributed by atoms with Crippen LogP contribution >= 0.6 is 0 Å². The van der Waals surface area contributed by atoms with Crippen LogP contribution in [0.25, 0.3) is 0 Å². The van der Waals surface area contributed by atoms with E-state index in [0.717, 1.165) is 77.0 Å². The molecule has 0 saturated heterocycles. The van der Waals surface area contributed by atoms with Gasteiger partial charge >= 0.3 is 17.9 Å². The molecule has 55 heavy (non-hydrogen) atoms. The van der Waals surface area contributed by atoms with E-state index in [-0.39, 0.29) is 31.1 Å². The van der Waals surface area contributed by atoms with Gasteiger partial charge in [0.25, 0.3) is 0 Å². The van der Waals surface area contributed by atoms with Crippen molar-refractivity contribution in [2.75, 3.05) is 13.2 Å². The molecule has 0 aromatic rings. The zero-order valence-electron chi connectivity index (χ0n) is 36.2. The van der Waals surface area contributed by atoms with Gasteiger partial charge < -0.3 is 14.2 Å². The number of ether oxygens (including phenoxy) is 3. The van der Waals surface area contributed by atoms with Gasteiger partial charge in [-0.15, -0.1) is 0 Å². The normalized spacial score (nSPS) is 12.4. The Bertz CT molecular complexity index is 980. The summed E-state index contributed by atoms with van der Waals surface area (Å²) in [7, 11) is 0. The summed E-state index contributed by atoms with van der Waals surface area (Å²) in [5.41, 5.74) is 0. The fourth-order valence-corrected chi connectivity index (χ4v) is 6.39. The molecule has 1 atom stereocenters. The second-order valence-electron chi connectivity index (χ2n) is 15.3. The first kappa shape index (κ1) is 52.4. The van der Waals surface area contributed by atoms with Gasteiger partial charge in [-0.05, 0) is 57.8 Å². The number of unbranched alkanes of at least 4 members (excludes halogenated alkanes) is 24. The zero-order chi connectivity index (χ0) is 40.1. The summed E-state index contributed by atoms with van der Waals surface area (Å²) in [6.07, 6.45) is 51.0. The third-order valence-electron chi connectivity index (χ3n) is 9.88. The molecule has 0 spiro atoms. The van der Waals surface area contributed by atoms with E-state index in [2.05, 4.69) is 69.4 Å². The Hall–Kier alpha value is -2.63. The third kappa shape index (κ3) is 42.4. The second-order valence-corrected chi connectivity index (χ2v) is 15.3. The first-order valence-electron chi connectivity index (χ1n) is 23.2. The maximum Gasteiger partial charge on any atom is 0.306 e. The number of carbonyl (C=O) groups excluding carboxylic acids is 3. The lowest BCUT2D eigenvalue weighted by Crippen LogP contribution is -2.30. The minimum Gasteiger partial charge on any atom is -0.462 e. The molecule has 6 nitrogen and oxygen atoms in total. The van der Waals surface area contributed by atoms with E-state index in [4.69, 9.17) is 14.2 Å². The molecular weight excluding hydrogens is 685 g/mol. The number of rotatable bonds is 41. The summed E-state index contributed by atoms with van der Waals surface area (Å²) in [4.78, 5) is 37.7. The highest BCUT2D eigenvalue weighted by Gasteiger charge is 2.19. The third-order valence-corrected chi connectivity index (χ3v) is 9.88. The van der Waals surface area contributed by atoms with Gasteiger partial charge in [0.1, 0.15) is 13.2 Å². The van der Waals surface area contributed by atoms with E-state index >= 15 is 0 Å². The largest absolute Gasteiger partial charge is 0.462 e. The van der Waals surface area contributed by atoms with E-state index in [1.807, 2.05) is 0 Å². The van der Waals surface area contributed by atoms with Crippen molar-refractivity contribution in [2.24, 2.45) is 0 Å². The van der Waals surface area contributed by atoms with Gasteiger partial charge in [-0.2, -0.15) is 0 Å². The maximum atomic E-state index is 12.7. The van der Waals surface area contributed by atoms with Gasteiger partial charge in [-0.1, -0.05) is 198 Å². The predicted octanol–water partition coefficient (Wildman–Crippen LogP) is 14.8. The standard InChI is InChI=1S/C49H86O6/c1-4-7-10-13-16-19-21-23-24-26-27-30-33-36-39-42-48(51)54-45-46(44-53-47(50)41-38-35-32-29-18-15-12-9-6-3)55-49(52)43-40-37-34-31-28-25-22-20-17-14-11-8-5-2/h8,11,14,17,20,22,29,32,46H,4-7,9-10,12-13,15-16,18-19,21,23-28,30-31,33-45H2,1-3H3/b11-8-,17-14-,22-20-,32-29-. The molecule has 0 heterocycles. The number of hydrogen-bond donors (Lipinski definition) is 0. The smallest absolute Gasteiger partial charge is 0.306 e. The molecule has 0 bridgehead atoms. The molecular formula is C49H86O6. The molecule has 318 valence electrons. The molecule has 0 aliphatic rings. The second kappa shape index (κ2) is 44.1. The summed E-state index contributed by atoms with van der Waals surface area (Å²) in [5.74, 6) is -0.945. The Labute approximate surface area is 339 Å². The van der Waals surface area contributed by atoms with Crippen molar-refractivity contribution in [3.63, 3.8) is 0 Å². The van der Waals surface area contributed by atoms with Gasteiger partial charge in [-0.25, -0.2) is 0 Å². The Kier molecular flexibility index (Phi) is 42.0. The lowest BCUT2D eigenvalue weighted by atomic mass is 10.0. The first-order valence-corrected chi connectivity index (χ1v) is 23.2. The van der Waals surface area contributed by atoms with Crippen LogP contribution in [-0.4, -0.2) is 37.2 Å². The lowest BCUT2D eigenvalue weighted by molar-refractivity contribution is -0.167. The average Bonchev–Trinajstić information content (AvgIpc) is 3.18. The van der Waals surface area contributed by atoms with Crippen LogP contribution in [0.15, 0.2) is 48.6 Å². The molecule has 0 fully saturated rings. The zero-order valence-corrected chi connectivity index (χ0v) is 36.2. The van der Waals surface area contributed by atoms with Crippen molar-refractivity contribution in [1.29, 1.82) is 0 Å². The lowest BCUT2D eigenvalue weighted by Gasteiger charge is -2.18. The fourth-order valence-electron chi connectivity index (χ4n) is 6.39. The quantitative estimate of drug-likeness (QED) is 0.0202. The van der Waals surface area contributed by atoms with Crippen LogP contribution in [0, 0.1) is 0 Å². The number of allylic oxidation sites excluding steroid dienone is 8. The molecule has 0 aromatic heterocycles. The SMILES string of the molecule is CC\C=C/C=C\C=C/CCCCCCCC(=O)OC(COC(=O)CCC/C=C\CCCCCC)COC(=O)CCCCCCCCCCCCCCCCC. The van der Waals surface area contributed by atoms with Gasteiger partial charge in [0.2, 0.25) is 0 Å². The van der Waals surface area contributed by atoms with Crippen LogP contribution in [0.2, 0.25) is 0 Å². The molecule has 0 amide bonds. The van der Waals surface area contributed by atoms with E-state index < -0.39 is 6.10 Å². The van der Waals surface area contributed by atoms with Crippen molar-refractivity contribution in [2.45, 2.75) is 232 Å². The Morgan fingerprint density at radius 2 is 0.745 bits per heavy atom. The van der Waals surface area contributed by atoms with Crippen LogP contribution in [-0.2, 0) is 28.6 Å². The van der Waals surface area contributed by atoms with E-state index in [0.29, 0.717) is 25.7 Å². The monoisotopic (exact) mass is 771 g/mol. The summed E-state index contributed by atoms with van der Waals surface area (Å²) >= 11 is 0. The van der Waals surface area contributed by atoms with Crippen LogP contribution in [0.1, 0.15) is 226 Å². The first-order chi connectivity index (χ1) is 27.0. The Balaban J connectivity index is 4.38. The minimum atomic E-state index is -0.789. The van der Waals surface area contributed by atoms with Crippen LogP contribution < -0.4 is 0 Å². The Morgan fingerprint density at radius 1 is 0.382 bits per heavy atom. The summed E-state index contributed by atoms with van der Waals surface area (Å²) in [6, 6.07) is 0. The molecule has 0 aliphatic heterocycles. The van der Waals surface area contributed by atoms with Crippen molar-refractivity contribution in [3.05, 3.63) is 48.6 Å². The van der Waals surface area contributed by atoms with Gasteiger partial charge in [0.15, 0.2) is 6.10 Å². The van der Waals surface area contributed by atoms with E-state index in [9.17, 15) is 14.4 Å². The van der Waals surface area contributed by atoms with Gasteiger partial charge in [-0.3, -0.25) is 14.4 Å². The molecule has 1 unspecified atom stereocenters. The van der Waals surface area contributed by atoms with Crippen molar-refractivity contribution in [3.8, 4) is 0 Å². The molecule has 6 heteroatoms. The van der Waals surface area contributed by atoms with E-state index in [1.54, 1.807) is 0 Å². The highest BCUT2D eigenvalue weighted by Crippen LogP contribution is 2.15. The molecule has 0 aliphatic carbocycles. The van der Waals surface area contributed by atoms with Gasteiger partial charge in [0.05, 0.1) is 0 Å². The van der Waals surface area contributed by atoms with Gasteiger partial charge in [0, 0.05) is 19.3 Å². The molecule has 0 radical (unpaired) electrons. The minimum absolute atomic E-state index is 0.0883. The summed E-state index contributed by atoms with van der Waals surface area (Å²) in [6.45, 7) is 6.42. The van der Waals surface area contributed by atoms with Crippen molar-refractivity contribution >= 4 is 17.9 Å².